The highest BCUT2D eigenvalue weighted by Crippen LogP contribution is 2.31. The Hall–Kier alpha value is -1.31. The van der Waals surface area contributed by atoms with Gasteiger partial charge in [0.05, 0.1) is 0 Å². The predicted octanol–water partition coefficient (Wildman–Crippen LogP) is 5.09. The van der Waals surface area contributed by atoms with Crippen LogP contribution in [-0.4, -0.2) is 5.78 Å². The van der Waals surface area contributed by atoms with Crippen LogP contribution < -0.4 is 0 Å². The van der Waals surface area contributed by atoms with Gasteiger partial charge in [-0.2, -0.15) is 0 Å². The minimum absolute atomic E-state index is 0.0229. The number of halogens is 2. The quantitative estimate of drug-likeness (QED) is 0.694. The van der Waals surface area contributed by atoms with E-state index in [1.54, 1.807) is 24.3 Å². The van der Waals surface area contributed by atoms with E-state index in [2.05, 4.69) is 6.58 Å². The van der Waals surface area contributed by atoms with Gasteiger partial charge in [0.15, 0.2) is 5.78 Å². The number of allylic oxidation sites excluding steroid dienone is 5. The van der Waals surface area contributed by atoms with Gasteiger partial charge in [0.2, 0.25) is 0 Å². The highest BCUT2D eigenvalue weighted by atomic mass is 35.5. The molecule has 1 nitrogen and oxygen atoms in total. The monoisotopic (exact) mass is 292 g/mol. The lowest BCUT2D eigenvalue weighted by atomic mass is 10.00. The lowest BCUT2D eigenvalue weighted by Gasteiger charge is -2.06. The Morgan fingerprint density at radius 2 is 2.11 bits per heavy atom. The fourth-order valence-corrected chi connectivity index (χ4v) is 2.80. The first-order chi connectivity index (χ1) is 9.04. The van der Waals surface area contributed by atoms with Crippen molar-refractivity contribution in [2.24, 2.45) is 0 Å². The van der Waals surface area contributed by atoms with Crippen LogP contribution in [0.4, 0.5) is 0 Å². The third kappa shape index (κ3) is 2.83. The Morgan fingerprint density at radius 3 is 2.79 bits per heavy atom. The molecule has 0 radical (unpaired) electrons. The van der Waals surface area contributed by atoms with Gasteiger partial charge in [0.1, 0.15) is 0 Å². The van der Waals surface area contributed by atoms with Crippen molar-refractivity contribution in [3.8, 4) is 0 Å². The molecule has 0 saturated heterocycles. The molecule has 1 aromatic rings. The van der Waals surface area contributed by atoms with Gasteiger partial charge < -0.3 is 0 Å². The molecule has 2 rings (SSSR count). The van der Waals surface area contributed by atoms with Crippen LogP contribution in [0, 0.1) is 0 Å². The third-order valence-corrected chi connectivity index (χ3v) is 3.89. The zero-order valence-electron chi connectivity index (χ0n) is 10.7. The van der Waals surface area contributed by atoms with E-state index in [1.165, 1.54) is 0 Å². The van der Waals surface area contributed by atoms with Crippen molar-refractivity contribution in [2.75, 3.05) is 0 Å². The second-order valence-corrected chi connectivity index (χ2v) is 5.33. The topological polar surface area (TPSA) is 17.1 Å². The summed E-state index contributed by atoms with van der Waals surface area (Å²) in [5, 5.41) is 1.24. The summed E-state index contributed by atoms with van der Waals surface area (Å²) in [4.78, 5) is 12.5. The summed E-state index contributed by atoms with van der Waals surface area (Å²) < 4.78 is 0. The van der Waals surface area contributed by atoms with Crippen LogP contribution in [-0.2, 0) is 6.42 Å². The number of hydrogen-bond acceptors (Lipinski definition) is 1. The summed E-state index contributed by atoms with van der Waals surface area (Å²) in [5.74, 6) is 0.0229. The molecule has 0 spiro atoms. The van der Waals surface area contributed by atoms with E-state index in [0.717, 1.165) is 29.5 Å². The van der Waals surface area contributed by atoms with Crippen molar-refractivity contribution >= 4 is 29.0 Å². The van der Waals surface area contributed by atoms with Crippen molar-refractivity contribution in [3.05, 3.63) is 69.3 Å². The fourth-order valence-electron chi connectivity index (χ4n) is 2.28. The van der Waals surface area contributed by atoms with Crippen molar-refractivity contribution in [2.45, 2.75) is 19.8 Å². The molecule has 19 heavy (non-hydrogen) atoms. The van der Waals surface area contributed by atoms with Crippen LogP contribution in [0.3, 0.4) is 0 Å². The van der Waals surface area contributed by atoms with Crippen molar-refractivity contribution in [1.82, 2.24) is 0 Å². The fraction of sp³-hybridized carbons (Fsp3) is 0.188. The summed E-state index contributed by atoms with van der Waals surface area (Å²) in [6, 6.07) is 5.39. The summed E-state index contributed by atoms with van der Waals surface area (Å²) in [5.41, 5.74) is 3.29. The van der Waals surface area contributed by atoms with Crippen LogP contribution >= 0.6 is 23.2 Å². The lowest BCUT2D eigenvalue weighted by Crippen LogP contribution is -2.03. The average molecular weight is 293 g/mol. The van der Waals surface area contributed by atoms with Gasteiger partial charge >= 0.3 is 0 Å². The number of benzene rings is 1. The average Bonchev–Trinajstić information content (AvgIpc) is 2.49. The zero-order valence-corrected chi connectivity index (χ0v) is 12.2. The molecule has 0 saturated carbocycles. The van der Waals surface area contributed by atoms with Crippen LogP contribution in [0.2, 0.25) is 5.02 Å². The Labute approximate surface area is 123 Å². The Bertz CT molecular complexity index is 609. The second kappa shape index (κ2) is 5.77. The molecular formula is C16H14Cl2O. The predicted molar refractivity (Wildman–Crippen MR) is 80.9 cm³/mol. The third-order valence-electron chi connectivity index (χ3n) is 3.30. The summed E-state index contributed by atoms with van der Waals surface area (Å²) >= 11 is 12.2. The molecule has 1 aliphatic carbocycles. The maximum absolute atomic E-state index is 12.5. The van der Waals surface area contributed by atoms with E-state index in [-0.39, 0.29) is 5.78 Å². The number of hydrogen-bond donors (Lipinski definition) is 0. The van der Waals surface area contributed by atoms with Gasteiger partial charge in [-0.25, -0.2) is 0 Å². The van der Waals surface area contributed by atoms with E-state index < -0.39 is 0 Å². The molecule has 3 heteroatoms. The number of rotatable bonds is 2. The van der Waals surface area contributed by atoms with Gasteiger partial charge in [0.25, 0.3) is 0 Å². The molecule has 0 fully saturated rings. The van der Waals surface area contributed by atoms with Gasteiger partial charge in [-0.15, -0.1) is 0 Å². The van der Waals surface area contributed by atoms with E-state index in [1.807, 2.05) is 13.0 Å². The molecule has 98 valence electrons. The molecule has 0 amide bonds. The van der Waals surface area contributed by atoms with E-state index in [4.69, 9.17) is 23.2 Å². The number of Topliss-reactive ketones (excluding diaryl/α,β-unsaturated/α-hetero) is 1. The van der Waals surface area contributed by atoms with E-state index in [0.29, 0.717) is 15.6 Å². The van der Waals surface area contributed by atoms with E-state index >= 15 is 0 Å². The Balaban J connectivity index is 2.51. The summed E-state index contributed by atoms with van der Waals surface area (Å²) in [7, 11) is 0. The molecular weight excluding hydrogens is 279 g/mol. The number of carbonyl (C=O) groups is 1. The van der Waals surface area contributed by atoms with Crippen molar-refractivity contribution < 1.29 is 4.79 Å². The molecule has 0 unspecified atom stereocenters. The number of carbonyl (C=O) groups excluding carboxylic acids is 1. The first-order valence-electron chi connectivity index (χ1n) is 6.06. The van der Waals surface area contributed by atoms with Gasteiger partial charge in [-0.3, -0.25) is 4.79 Å². The normalized spacial score (nSPS) is 16.2. The van der Waals surface area contributed by atoms with Crippen LogP contribution in [0.1, 0.15) is 29.3 Å². The molecule has 0 bridgehead atoms. The zero-order chi connectivity index (χ0) is 14.0. The largest absolute Gasteiger partial charge is 0.289 e. The molecule has 0 atom stereocenters. The summed E-state index contributed by atoms with van der Waals surface area (Å²) in [6.07, 6.45) is 4.84. The molecule has 0 heterocycles. The second-order valence-electron chi connectivity index (χ2n) is 4.48. The van der Waals surface area contributed by atoms with Crippen LogP contribution in [0.5, 0.6) is 0 Å². The van der Waals surface area contributed by atoms with E-state index in [9.17, 15) is 4.79 Å². The lowest BCUT2D eigenvalue weighted by molar-refractivity contribution is 0.103. The standard InChI is InChI=1S/C16H14Cl2O/c1-3-4-15(18)13-7-5-11-9-12(17)6-8-14(11)16(19)10(13)2/h3-4,6,8-9H,1,5,7H2,2H3/b15-4+. The maximum Gasteiger partial charge on any atom is 0.189 e. The summed E-state index contributed by atoms with van der Waals surface area (Å²) in [6.45, 7) is 5.45. The minimum Gasteiger partial charge on any atom is -0.289 e. The maximum atomic E-state index is 12.5. The first-order valence-corrected chi connectivity index (χ1v) is 6.81. The highest BCUT2D eigenvalue weighted by molar-refractivity contribution is 6.33. The Morgan fingerprint density at radius 1 is 1.37 bits per heavy atom. The number of fused-ring (bicyclic) bond motifs is 1. The minimum atomic E-state index is 0.0229. The van der Waals surface area contributed by atoms with Crippen LogP contribution in [0.15, 0.2) is 53.1 Å². The molecule has 1 aromatic carbocycles. The highest BCUT2D eigenvalue weighted by Gasteiger charge is 2.22. The SMILES string of the molecule is C=C/C=C(/Cl)C1=C(C)C(=O)c2ccc(Cl)cc2CC1. The van der Waals surface area contributed by atoms with Crippen LogP contribution in [0.25, 0.3) is 0 Å². The van der Waals surface area contributed by atoms with Gasteiger partial charge in [-0.1, -0.05) is 35.9 Å². The van der Waals surface area contributed by atoms with Gasteiger partial charge in [0, 0.05) is 21.2 Å². The molecule has 1 aliphatic rings. The van der Waals surface area contributed by atoms with Gasteiger partial charge in [-0.05, 0) is 55.2 Å². The molecule has 0 aromatic heterocycles. The molecule has 0 N–H and O–H groups in total. The number of ketones is 1. The first kappa shape index (κ1) is 14.1. The smallest absolute Gasteiger partial charge is 0.189 e. The Kier molecular flexibility index (Phi) is 4.28. The number of aryl methyl sites for hydroxylation is 1. The van der Waals surface area contributed by atoms with Crippen molar-refractivity contribution in [3.63, 3.8) is 0 Å². The van der Waals surface area contributed by atoms with Crippen molar-refractivity contribution in [1.29, 1.82) is 0 Å². The molecule has 0 aliphatic heterocycles.